The molecule has 0 heterocycles. The molecular weight excluding hydrogens is 262 g/mol. The molecule has 2 aromatic carbocycles. The number of thioether (sulfide) groups is 1. The van der Waals surface area contributed by atoms with Gasteiger partial charge in [-0.15, -0.1) is 11.8 Å². The zero-order valence-electron chi connectivity index (χ0n) is 12.5. The monoisotopic (exact) mass is 285 g/mol. The lowest BCUT2D eigenvalue weighted by molar-refractivity contribution is 0.592. The number of nitrogens with one attached hydrogen (secondary N) is 1. The summed E-state index contributed by atoms with van der Waals surface area (Å²) < 4.78 is 0. The van der Waals surface area contributed by atoms with Gasteiger partial charge in [0.15, 0.2) is 0 Å². The third kappa shape index (κ3) is 4.31. The van der Waals surface area contributed by atoms with Gasteiger partial charge in [-0.3, -0.25) is 0 Å². The van der Waals surface area contributed by atoms with Gasteiger partial charge in [-0.25, -0.2) is 0 Å². The summed E-state index contributed by atoms with van der Waals surface area (Å²) in [5, 5.41) is 3.57. The molecule has 0 amide bonds. The first-order valence-electron chi connectivity index (χ1n) is 7.08. The van der Waals surface area contributed by atoms with Gasteiger partial charge in [0.05, 0.1) is 0 Å². The summed E-state index contributed by atoms with van der Waals surface area (Å²) in [6.45, 7) is 7.75. The Morgan fingerprint density at radius 3 is 2.25 bits per heavy atom. The second kappa shape index (κ2) is 6.85. The maximum absolute atomic E-state index is 3.57. The van der Waals surface area contributed by atoms with E-state index in [1.54, 1.807) is 0 Å². The average molecular weight is 285 g/mol. The molecule has 0 radical (unpaired) electrons. The molecule has 0 fully saturated rings. The number of anilines is 1. The van der Waals surface area contributed by atoms with E-state index >= 15 is 0 Å². The topological polar surface area (TPSA) is 12.0 Å². The number of benzene rings is 2. The number of para-hydroxylation sites is 1. The van der Waals surface area contributed by atoms with E-state index in [0.29, 0.717) is 0 Å². The number of hydrogen-bond acceptors (Lipinski definition) is 2. The molecule has 0 atom stereocenters. The van der Waals surface area contributed by atoms with Gasteiger partial charge >= 0.3 is 0 Å². The van der Waals surface area contributed by atoms with Crippen molar-refractivity contribution in [3.63, 3.8) is 0 Å². The predicted molar refractivity (Wildman–Crippen MR) is 90.8 cm³/mol. The Kier molecular flexibility index (Phi) is 5.13. The van der Waals surface area contributed by atoms with Crippen LogP contribution in [0.25, 0.3) is 0 Å². The Morgan fingerprint density at radius 1 is 0.900 bits per heavy atom. The fourth-order valence-corrected chi connectivity index (χ4v) is 2.95. The van der Waals surface area contributed by atoms with E-state index < -0.39 is 0 Å². The summed E-state index contributed by atoms with van der Waals surface area (Å²) >= 11 is 1.89. The summed E-state index contributed by atoms with van der Waals surface area (Å²) in [6, 6.07) is 19.2. The molecule has 2 heteroatoms. The third-order valence-electron chi connectivity index (χ3n) is 3.16. The zero-order chi connectivity index (χ0) is 14.4. The van der Waals surface area contributed by atoms with Crippen LogP contribution >= 0.6 is 11.8 Å². The Labute approximate surface area is 126 Å². The van der Waals surface area contributed by atoms with Crippen LogP contribution < -0.4 is 5.32 Å². The van der Waals surface area contributed by atoms with Crippen molar-refractivity contribution in [1.29, 1.82) is 0 Å². The first-order chi connectivity index (χ1) is 9.57. The predicted octanol–water partition coefficient (Wildman–Crippen LogP) is 5.19. The molecule has 1 N–H and O–H groups in total. The van der Waals surface area contributed by atoms with Gasteiger partial charge < -0.3 is 5.32 Å². The normalized spacial score (nSPS) is 11.3. The van der Waals surface area contributed by atoms with Crippen molar-refractivity contribution in [2.75, 3.05) is 17.6 Å². The van der Waals surface area contributed by atoms with E-state index in [4.69, 9.17) is 0 Å². The van der Waals surface area contributed by atoms with Crippen LogP contribution in [0.15, 0.2) is 59.5 Å². The molecule has 2 aromatic rings. The molecule has 106 valence electrons. The van der Waals surface area contributed by atoms with Crippen molar-refractivity contribution in [2.24, 2.45) is 0 Å². The first kappa shape index (κ1) is 15.0. The van der Waals surface area contributed by atoms with Crippen LogP contribution in [-0.4, -0.2) is 12.3 Å². The molecule has 0 spiro atoms. The smallest absolute Gasteiger partial charge is 0.0378 e. The van der Waals surface area contributed by atoms with Crippen molar-refractivity contribution < 1.29 is 0 Å². The molecule has 0 aromatic heterocycles. The van der Waals surface area contributed by atoms with E-state index in [0.717, 1.165) is 12.3 Å². The highest BCUT2D eigenvalue weighted by Crippen LogP contribution is 2.29. The number of rotatable bonds is 5. The average Bonchev–Trinajstić information content (AvgIpc) is 2.44. The molecular formula is C18H23NS. The minimum absolute atomic E-state index is 0.177. The van der Waals surface area contributed by atoms with Crippen molar-refractivity contribution in [3.05, 3.63) is 60.2 Å². The van der Waals surface area contributed by atoms with E-state index in [1.807, 2.05) is 11.8 Å². The van der Waals surface area contributed by atoms with Crippen LogP contribution in [0.5, 0.6) is 0 Å². The molecule has 0 aliphatic heterocycles. The largest absolute Gasteiger partial charge is 0.384 e. The summed E-state index contributed by atoms with van der Waals surface area (Å²) in [5.41, 5.74) is 2.81. The first-order valence-corrected chi connectivity index (χ1v) is 8.07. The minimum atomic E-state index is 0.177. The Bertz CT molecular complexity index is 529. The molecule has 20 heavy (non-hydrogen) atoms. The quantitative estimate of drug-likeness (QED) is 0.599. The summed E-state index contributed by atoms with van der Waals surface area (Å²) in [6.07, 6.45) is 0. The van der Waals surface area contributed by atoms with Crippen LogP contribution in [0.2, 0.25) is 0 Å². The van der Waals surface area contributed by atoms with Gasteiger partial charge in [-0.1, -0.05) is 57.2 Å². The van der Waals surface area contributed by atoms with E-state index in [2.05, 4.69) is 80.7 Å². The summed E-state index contributed by atoms with van der Waals surface area (Å²) in [7, 11) is 0. The van der Waals surface area contributed by atoms with Gasteiger partial charge in [-0.05, 0) is 29.2 Å². The van der Waals surface area contributed by atoms with Crippen LogP contribution in [0.1, 0.15) is 26.3 Å². The lowest BCUT2D eigenvalue weighted by atomic mass is 9.86. The maximum Gasteiger partial charge on any atom is 0.0378 e. The van der Waals surface area contributed by atoms with Gasteiger partial charge in [0, 0.05) is 22.9 Å². The lowest BCUT2D eigenvalue weighted by Gasteiger charge is -2.23. The maximum atomic E-state index is 3.57. The lowest BCUT2D eigenvalue weighted by Crippen LogP contribution is -2.15. The SMILES string of the molecule is CC(C)(C)c1ccccc1NCCSc1ccccc1. The highest BCUT2D eigenvalue weighted by molar-refractivity contribution is 7.99. The van der Waals surface area contributed by atoms with Crippen molar-refractivity contribution in [1.82, 2.24) is 0 Å². The van der Waals surface area contributed by atoms with Crippen LogP contribution in [0.4, 0.5) is 5.69 Å². The van der Waals surface area contributed by atoms with Crippen LogP contribution in [0.3, 0.4) is 0 Å². The molecule has 0 saturated carbocycles. The van der Waals surface area contributed by atoms with Gasteiger partial charge in [0.25, 0.3) is 0 Å². The van der Waals surface area contributed by atoms with Gasteiger partial charge in [0.1, 0.15) is 0 Å². The minimum Gasteiger partial charge on any atom is -0.384 e. The summed E-state index contributed by atoms with van der Waals surface area (Å²) in [5.74, 6) is 1.07. The van der Waals surface area contributed by atoms with Crippen LogP contribution in [-0.2, 0) is 5.41 Å². The van der Waals surface area contributed by atoms with Crippen LogP contribution in [0, 0.1) is 0 Å². The van der Waals surface area contributed by atoms with Gasteiger partial charge in [-0.2, -0.15) is 0 Å². The Balaban J connectivity index is 1.89. The standard InChI is InChI=1S/C18H23NS/c1-18(2,3)16-11-7-8-12-17(16)19-13-14-20-15-9-5-4-6-10-15/h4-12,19H,13-14H2,1-3H3. The molecule has 1 nitrogen and oxygen atoms in total. The molecule has 0 aliphatic carbocycles. The second-order valence-corrected chi connectivity index (χ2v) is 7.05. The summed E-state index contributed by atoms with van der Waals surface area (Å²) in [4.78, 5) is 1.33. The molecule has 0 bridgehead atoms. The second-order valence-electron chi connectivity index (χ2n) is 5.88. The fourth-order valence-electron chi connectivity index (χ4n) is 2.16. The fraction of sp³-hybridized carbons (Fsp3) is 0.333. The highest BCUT2D eigenvalue weighted by Gasteiger charge is 2.16. The van der Waals surface area contributed by atoms with E-state index in [9.17, 15) is 0 Å². The molecule has 0 unspecified atom stereocenters. The van der Waals surface area contributed by atoms with Crippen molar-refractivity contribution in [3.8, 4) is 0 Å². The highest BCUT2D eigenvalue weighted by atomic mass is 32.2. The van der Waals surface area contributed by atoms with E-state index in [1.165, 1.54) is 16.1 Å². The number of hydrogen-bond donors (Lipinski definition) is 1. The molecule has 0 aliphatic rings. The Morgan fingerprint density at radius 2 is 1.55 bits per heavy atom. The Hall–Kier alpha value is -1.41. The zero-order valence-corrected chi connectivity index (χ0v) is 13.3. The van der Waals surface area contributed by atoms with Gasteiger partial charge in [0.2, 0.25) is 0 Å². The van der Waals surface area contributed by atoms with Crippen molar-refractivity contribution >= 4 is 17.4 Å². The molecule has 2 rings (SSSR count). The van der Waals surface area contributed by atoms with E-state index in [-0.39, 0.29) is 5.41 Å². The molecule has 0 saturated heterocycles. The van der Waals surface area contributed by atoms with Crippen molar-refractivity contribution in [2.45, 2.75) is 31.1 Å². The third-order valence-corrected chi connectivity index (χ3v) is 4.18.